The van der Waals surface area contributed by atoms with Crippen LogP contribution in [0.1, 0.15) is 27.4 Å². The largest absolute Gasteiger partial charge is 0.422 e. The average Bonchev–Trinajstić information content (AvgIpc) is 3.06. The number of nitrogens with one attached hydrogen (secondary N) is 1. The normalized spacial score (nSPS) is 11.2. The van der Waals surface area contributed by atoms with Crippen molar-refractivity contribution in [3.8, 4) is 0 Å². The highest BCUT2D eigenvalue weighted by atomic mass is 79.9. The lowest BCUT2D eigenvalue weighted by Gasteiger charge is -2.05. The van der Waals surface area contributed by atoms with Crippen molar-refractivity contribution in [3.63, 3.8) is 0 Å². The van der Waals surface area contributed by atoms with Crippen LogP contribution in [0.2, 0.25) is 0 Å². The maximum Gasteiger partial charge on any atom is 0.349 e. The second kappa shape index (κ2) is 7.89. The first kappa shape index (κ1) is 18.9. The molecule has 2 aromatic heterocycles. The summed E-state index contributed by atoms with van der Waals surface area (Å²) in [5, 5.41) is 7.26. The van der Waals surface area contributed by atoms with E-state index in [1.165, 1.54) is 6.07 Å². The zero-order valence-corrected chi connectivity index (χ0v) is 16.9. The van der Waals surface area contributed by atoms with Gasteiger partial charge in [0.05, 0.1) is 0 Å². The summed E-state index contributed by atoms with van der Waals surface area (Å²) in [5.41, 5.74) is 1.46. The maximum absolute atomic E-state index is 12.8. The maximum atomic E-state index is 12.8. The number of hydrogen-bond donors (Lipinski definition) is 1. The molecule has 2 heterocycles. The molecule has 0 saturated heterocycles. The van der Waals surface area contributed by atoms with Crippen LogP contribution >= 0.6 is 15.9 Å². The SMILES string of the molecule is Cc1noc(/C=C/c2ccccc2)c1NC(=O)c1cc2cc(Br)ccc2oc1=O. The average molecular weight is 451 g/mol. The highest BCUT2D eigenvalue weighted by Crippen LogP contribution is 2.24. The molecule has 0 fully saturated rings. The number of fused-ring (bicyclic) bond motifs is 1. The van der Waals surface area contributed by atoms with Crippen LogP contribution in [0.5, 0.6) is 0 Å². The fourth-order valence-corrected chi connectivity index (χ4v) is 3.20. The third-order valence-electron chi connectivity index (χ3n) is 4.29. The van der Waals surface area contributed by atoms with Gasteiger partial charge in [-0.25, -0.2) is 4.79 Å². The number of aryl methyl sites for hydroxylation is 1. The minimum absolute atomic E-state index is 0.103. The molecule has 4 aromatic rings. The zero-order valence-electron chi connectivity index (χ0n) is 15.3. The van der Waals surface area contributed by atoms with Gasteiger partial charge in [0.2, 0.25) is 0 Å². The lowest BCUT2D eigenvalue weighted by molar-refractivity contribution is 0.102. The quantitative estimate of drug-likeness (QED) is 0.427. The Bertz CT molecular complexity index is 1290. The summed E-state index contributed by atoms with van der Waals surface area (Å²) in [5.74, 6) is -0.214. The van der Waals surface area contributed by atoms with Crippen molar-refractivity contribution >= 4 is 50.6 Å². The van der Waals surface area contributed by atoms with Gasteiger partial charge in [-0.2, -0.15) is 0 Å². The summed E-state index contributed by atoms with van der Waals surface area (Å²) in [6.45, 7) is 1.71. The van der Waals surface area contributed by atoms with E-state index >= 15 is 0 Å². The van der Waals surface area contributed by atoms with Crippen LogP contribution in [0.15, 0.2) is 72.8 Å². The summed E-state index contributed by atoms with van der Waals surface area (Å²) in [7, 11) is 0. The van der Waals surface area contributed by atoms with E-state index in [0.29, 0.717) is 28.1 Å². The van der Waals surface area contributed by atoms with Gasteiger partial charge >= 0.3 is 5.63 Å². The number of rotatable bonds is 4. The summed E-state index contributed by atoms with van der Waals surface area (Å²) < 4.78 is 11.4. The number of amides is 1. The first-order chi connectivity index (χ1) is 14.0. The van der Waals surface area contributed by atoms with Crippen LogP contribution in [-0.2, 0) is 0 Å². The van der Waals surface area contributed by atoms with E-state index in [1.807, 2.05) is 36.4 Å². The van der Waals surface area contributed by atoms with Gasteiger partial charge in [0.1, 0.15) is 22.5 Å². The van der Waals surface area contributed by atoms with Crippen molar-refractivity contribution in [1.82, 2.24) is 5.16 Å². The fourth-order valence-electron chi connectivity index (χ4n) is 2.82. The van der Waals surface area contributed by atoms with Gasteiger partial charge in [0.25, 0.3) is 5.91 Å². The fraction of sp³-hybridized carbons (Fsp3) is 0.0455. The van der Waals surface area contributed by atoms with E-state index in [2.05, 4.69) is 26.4 Å². The number of hydrogen-bond acceptors (Lipinski definition) is 5. The number of nitrogens with zero attached hydrogens (tertiary/aromatic N) is 1. The van der Waals surface area contributed by atoms with Gasteiger partial charge in [0.15, 0.2) is 5.76 Å². The van der Waals surface area contributed by atoms with Gasteiger partial charge < -0.3 is 14.3 Å². The van der Waals surface area contributed by atoms with Crippen LogP contribution < -0.4 is 10.9 Å². The van der Waals surface area contributed by atoms with Crippen molar-refractivity contribution in [2.45, 2.75) is 6.92 Å². The molecule has 0 atom stereocenters. The molecule has 0 bridgehead atoms. The Kier molecular flexibility index (Phi) is 5.14. The van der Waals surface area contributed by atoms with Crippen molar-refractivity contribution in [1.29, 1.82) is 0 Å². The number of anilines is 1. The summed E-state index contributed by atoms with van der Waals surface area (Å²) >= 11 is 3.37. The Hall–Kier alpha value is -3.45. The minimum Gasteiger partial charge on any atom is -0.422 e. The third kappa shape index (κ3) is 4.05. The van der Waals surface area contributed by atoms with E-state index < -0.39 is 11.5 Å². The highest BCUT2D eigenvalue weighted by Gasteiger charge is 2.19. The van der Waals surface area contributed by atoms with E-state index in [-0.39, 0.29) is 5.56 Å². The van der Waals surface area contributed by atoms with Gasteiger partial charge in [-0.3, -0.25) is 4.79 Å². The van der Waals surface area contributed by atoms with Crippen LogP contribution in [0.4, 0.5) is 5.69 Å². The molecule has 0 saturated carbocycles. The molecule has 0 aliphatic carbocycles. The molecule has 1 N–H and O–H groups in total. The Morgan fingerprint density at radius 1 is 1.10 bits per heavy atom. The number of benzene rings is 2. The number of aromatic nitrogens is 1. The Balaban J connectivity index is 1.65. The Labute approximate surface area is 174 Å². The van der Waals surface area contributed by atoms with Gasteiger partial charge in [-0.1, -0.05) is 57.5 Å². The third-order valence-corrected chi connectivity index (χ3v) is 4.79. The number of carbonyl (C=O) groups is 1. The molecule has 0 radical (unpaired) electrons. The molecule has 0 aliphatic rings. The van der Waals surface area contributed by atoms with Crippen molar-refractivity contribution < 1.29 is 13.7 Å². The Morgan fingerprint density at radius 3 is 2.69 bits per heavy atom. The molecule has 0 aliphatic heterocycles. The zero-order chi connectivity index (χ0) is 20.4. The second-order valence-corrected chi connectivity index (χ2v) is 7.25. The molecule has 1 amide bonds. The monoisotopic (exact) mass is 450 g/mol. The lowest BCUT2D eigenvalue weighted by atomic mass is 10.1. The van der Waals surface area contributed by atoms with Gasteiger partial charge in [-0.15, -0.1) is 0 Å². The van der Waals surface area contributed by atoms with E-state index in [9.17, 15) is 9.59 Å². The molecule has 0 unspecified atom stereocenters. The summed E-state index contributed by atoms with van der Waals surface area (Å²) in [6, 6.07) is 16.4. The lowest BCUT2D eigenvalue weighted by Crippen LogP contribution is -2.21. The van der Waals surface area contributed by atoms with E-state index in [1.54, 1.807) is 31.2 Å². The minimum atomic E-state index is -0.715. The van der Waals surface area contributed by atoms with Crippen LogP contribution in [0, 0.1) is 6.92 Å². The molecule has 0 spiro atoms. The van der Waals surface area contributed by atoms with Crippen LogP contribution in [-0.4, -0.2) is 11.1 Å². The summed E-state index contributed by atoms with van der Waals surface area (Å²) in [4.78, 5) is 25.0. The molecule has 2 aromatic carbocycles. The predicted molar refractivity (Wildman–Crippen MR) is 115 cm³/mol. The predicted octanol–water partition coefficient (Wildman–Crippen LogP) is 5.27. The first-order valence-corrected chi connectivity index (χ1v) is 9.55. The van der Waals surface area contributed by atoms with Crippen LogP contribution in [0.3, 0.4) is 0 Å². The molecular formula is C22H15BrN2O4. The van der Waals surface area contributed by atoms with Gasteiger partial charge in [-0.05, 0) is 42.8 Å². The molecule has 144 valence electrons. The van der Waals surface area contributed by atoms with Crippen LogP contribution in [0.25, 0.3) is 23.1 Å². The molecule has 29 heavy (non-hydrogen) atoms. The van der Waals surface area contributed by atoms with E-state index in [4.69, 9.17) is 8.94 Å². The van der Waals surface area contributed by atoms with Gasteiger partial charge in [0, 0.05) is 9.86 Å². The second-order valence-electron chi connectivity index (χ2n) is 6.34. The Morgan fingerprint density at radius 2 is 1.90 bits per heavy atom. The van der Waals surface area contributed by atoms with Crippen molar-refractivity contribution in [3.05, 3.63) is 92.1 Å². The van der Waals surface area contributed by atoms with Crippen molar-refractivity contribution in [2.24, 2.45) is 0 Å². The smallest absolute Gasteiger partial charge is 0.349 e. The standard InChI is InChI=1S/C22H15BrN2O4/c1-13-20(19(29-25-13)9-7-14-5-3-2-4-6-14)24-21(26)17-12-15-11-16(23)8-10-18(15)28-22(17)27/h2-12H,1H3,(H,24,26)/b9-7+. The molecule has 6 nitrogen and oxygen atoms in total. The topological polar surface area (TPSA) is 85.3 Å². The van der Waals surface area contributed by atoms with Crippen molar-refractivity contribution in [2.75, 3.05) is 5.32 Å². The first-order valence-electron chi connectivity index (χ1n) is 8.75. The molecule has 7 heteroatoms. The highest BCUT2D eigenvalue weighted by molar-refractivity contribution is 9.10. The summed E-state index contributed by atoms with van der Waals surface area (Å²) in [6.07, 6.45) is 3.56. The van der Waals surface area contributed by atoms with E-state index in [0.717, 1.165) is 10.0 Å². The molecule has 4 rings (SSSR count). The number of carbonyl (C=O) groups excluding carboxylic acids is 1. The number of halogens is 1. The molecular weight excluding hydrogens is 436 g/mol.